The van der Waals surface area contributed by atoms with Crippen LogP contribution in [0.25, 0.3) is 0 Å². The van der Waals surface area contributed by atoms with Gasteiger partial charge in [0.2, 0.25) is 0 Å². The summed E-state index contributed by atoms with van der Waals surface area (Å²) in [6, 6.07) is 4.70. The average Bonchev–Trinajstić information content (AvgIpc) is 2.05. The molecule has 1 aromatic carbocycles. The highest BCUT2D eigenvalue weighted by atomic mass is 79.9. The van der Waals surface area contributed by atoms with E-state index in [4.69, 9.17) is 9.84 Å². The zero-order valence-electron chi connectivity index (χ0n) is 8.87. The van der Waals surface area contributed by atoms with Gasteiger partial charge in [-0.2, -0.15) is 0 Å². The third-order valence-corrected chi connectivity index (χ3v) is 2.21. The van der Waals surface area contributed by atoms with Gasteiger partial charge in [0.05, 0.1) is 10.0 Å². The van der Waals surface area contributed by atoms with Crippen LogP contribution in [-0.4, -0.2) is 16.7 Å². The lowest BCUT2D eigenvalue weighted by Crippen LogP contribution is -2.23. The lowest BCUT2D eigenvalue weighted by molar-refractivity contribution is 0.0696. The average molecular weight is 273 g/mol. The minimum absolute atomic E-state index is 0.239. The molecule has 1 rings (SSSR count). The van der Waals surface area contributed by atoms with E-state index in [1.165, 1.54) is 12.1 Å². The van der Waals surface area contributed by atoms with E-state index in [0.29, 0.717) is 10.2 Å². The Morgan fingerprint density at radius 1 is 1.40 bits per heavy atom. The first-order valence-corrected chi connectivity index (χ1v) is 5.31. The normalized spacial score (nSPS) is 11.2. The lowest BCUT2D eigenvalue weighted by atomic mass is 10.2. The van der Waals surface area contributed by atoms with Crippen molar-refractivity contribution in [1.82, 2.24) is 0 Å². The van der Waals surface area contributed by atoms with Gasteiger partial charge in [-0.1, -0.05) is 0 Å². The molecule has 0 saturated heterocycles. The van der Waals surface area contributed by atoms with Crippen molar-refractivity contribution in [2.24, 2.45) is 0 Å². The molecule has 0 bridgehead atoms. The molecule has 0 fully saturated rings. The second kappa shape index (κ2) is 4.23. The first-order valence-electron chi connectivity index (χ1n) is 4.51. The van der Waals surface area contributed by atoms with Crippen LogP contribution in [0.1, 0.15) is 31.1 Å². The first-order chi connectivity index (χ1) is 6.79. The number of aromatic carboxylic acids is 1. The molecule has 1 N–H and O–H groups in total. The molecule has 0 amide bonds. The second-order valence-electron chi connectivity index (χ2n) is 4.16. The van der Waals surface area contributed by atoms with Crippen molar-refractivity contribution < 1.29 is 14.6 Å². The van der Waals surface area contributed by atoms with Crippen LogP contribution in [0.5, 0.6) is 5.75 Å². The summed E-state index contributed by atoms with van der Waals surface area (Å²) in [5.41, 5.74) is -0.0593. The molecule has 3 nitrogen and oxygen atoms in total. The Labute approximate surface area is 97.2 Å². The predicted molar refractivity (Wildman–Crippen MR) is 61.5 cm³/mol. The Kier molecular flexibility index (Phi) is 3.39. The van der Waals surface area contributed by atoms with Crippen LogP contribution in [0.2, 0.25) is 0 Å². The van der Waals surface area contributed by atoms with Gasteiger partial charge in [-0.05, 0) is 54.9 Å². The summed E-state index contributed by atoms with van der Waals surface area (Å²) >= 11 is 3.28. The van der Waals surface area contributed by atoms with Crippen LogP contribution in [0.15, 0.2) is 22.7 Å². The van der Waals surface area contributed by atoms with E-state index in [1.807, 2.05) is 20.8 Å². The number of benzene rings is 1. The Hall–Kier alpha value is -1.03. The van der Waals surface area contributed by atoms with Gasteiger partial charge < -0.3 is 9.84 Å². The van der Waals surface area contributed by atoms with Gasteiger partial charge in [-0.3, -0.25) is 0 Å². The van der Waals surface area contributed by atoms with Crippen molar-refractivity contribution in [3.63, 3.8) is 0 Å². The van der Waals surface area contributed by atoms with E-state index in [2.05, 4.69) is 15.9 Å². The van der Waals surface area contributed by atoms with Crippen molar-refractivity contribution in [2.75, 3.05) is 0 Å². The topological polar surface area (TPSA) is 46.5 Å². The van der Waals surface area contributed by atoms with Crippen molar-refractivity contribution in [3.8, 4) is 5.75 Å². The van der Waals surface area contributed by atoms with Crippen molar-refractivity contribution >= 4 is 21.9 Å². The molecule has 1 aromatic rings. The number of halogens is 1. The fraction of sp³-hybridized carbons (Fsp3) is 0.364. The maximum atomic E-state index is 10.7. The number of hydrogen-bond acceptors (Lipinski definition) is 2. The van der Waals surface area contributed by atoms with Gasteiger partial charge in [-0.25, -0.2) is 4.79 Å². The van der Waals surface area contributed by atoms with Crippen molar-refractivity contribution in [2.45, 2.75) is 26.4 Å². The minimum atomic E-state index is -0.946. The van der Waals surface area contributed by atoms with Crippen LogP contribution < -0.4 is 4.74 Å². The third kappa shape index (κ3) is 3.55. The molecular weight excluding hydrogens is 260 g/mol. The fourth-order valence-corrected chi connectivity index (χ4v) is 1.51. The second-order valence-corrected chi connectivity index (χ2v) is 5.02. The van der Waals surface area contributed by atoms with Crippen molar-refractivity contribution in [3.05, 3.63) is 28.2 Å². The van der Waals surface area contributed by atoms with Gasteiger partial charge in [0.1, 0.15) is 11.4 Å². The lowest BCUT2D eigenvalue weighted by Gasteiger charge is -2.22. The maximum Gasteiger partial charge on any atom is 0.335 e. The number of carboxylic acids is 1. The number of hydrogen-bond donors (Lipinski definition) is 1. The molecule has 4 heteroatoms. The molecule has 0 spiro atoms. The highest BCUT2D eigenvalue weighted by Crippen LogP contribution is 2.29. The Bertz CT molecular complexity index is 380. The molecule has 0 heterocycles. The summed E-state index contributed by atoms with van der Waals surface area (Å²) in [6.45, 7) is 5.81. The van der Waals surface area contributed by atoms with Crippen LogP contribution in [0.4, 0.5) is 0 Å². The van der Waals surface area contributed by atoms with Gasteiger partial charge >= 0.3 is 5.97 Å². The van der Waals surface area contributed by atoms with Crippen LogP contribution in [0.3, 0.4) is 0 Å². The number of carbonyl (C=O) groups is 1. The zero-order valence-corrected chi connectivity index (χ0v) is 10.5. The van der Waals surface area contributed by atoms with Gasteiger partial charge in [0.25, 0.3) is 0 Å². The van der Waals surface area contributed by atoms with Crippen molar-refractivity contribution in [1.29, 1.82) is 0 Å². The molecule has 0 unspecified atom stereocenters. The zero-order chi connectivity index (χ0) is 11.6. The van der Waals surface area contributed by atoms with Crippen LogP contribution in [-0.2, 0) is 0 Å². The summed E-state index contributed by atoms with van der Waals surface area (Å²) < 4.78 is 6.28. The molecule has 0 radical (unpaired) electrons. The Morgan fingerprint density at radius 2 is 2.00 bits per heavy atom. The molecule has 0 atom stereocenters. The summed E-state index contributed by atoms with van der Waals surface area (Å²) in [6.07, 6.45) is 0. The van der Waals surface area contributed by atoms with E-state index in [-0.39, 0.29) is 11.2 Å². The number of ether oxygens (including phenoxy) is 1. The van der Waals surface area contributed by atoms with E-state index < -0.39 is 5.97 Å². The molecule has 82 valence electrons. The predicted octanol–water partition coefficient (Wildman–Crippen LogP) is 3.32. The first kappa shape index (κ1) is 12.0. The Morgan fingerprint density at radius 3 is 2.40 bits per heavy atom. The standard InChI is InChI=1S/C11H13BrO3/c1-11(2,3)15-9-5-4-7(10(13)14)6-8(9)12/h4-6H,1-3H3,(H,13,14). The highest BCUT2D eigenvalue weighted by Gasteiger charge is 2.15. The quantitative estimate of drug-likeness (QED) is 0.899. The van der Waals surface area contributed by atoms with Crippen LogP contribution in [0, 0.1) is 0 Å². The van der Waals surface area contributed by atoms with Gasteiger partial charge in [0, 0.05) is 0 Å². The van der Waals surface area contributed by atoms with E-state index >= 15 is 0 Å². The molecule has 15 heavy (non-hydrogen) atoms. The smallest absolute Gasteiger partial charge is 0.335 e. The van der Waals surface area contributed by atoms with E-state index in [1.54, 1.807) is 6.07 Å². The largest absolute Gasteiger partial charge is 0.487 e. The summed E-state index contributed by atoms with van der Waals surface area (Å²) in [4.78, 5) is 10.7. The molecule has 0 aliphatic rings. The third-order valence-electron chi connectivity index (χ3n) is 1.59. The Balaban J connectivity index is 2.99. The van der Waals surface area contributed by atoms with E-state index in [0.717, 1.165) is 0 Å². The van der Waals surface area contributed by atoms with E-state index in [9.17, 15) is 4.79 Å². The van der Waals surface area contributed by atoms with Gasteiger partial charge in [-0.15, -0.1) is 0 Å². The number of rotatable bonds is 2. The molecule has 0 aliphatic heterocycles. The molecule has 0 saturated carbocycles. The maximum absolute atomic E-state index is 10.7. The van der Waals surface area contributed by atoms with Gasteiger partial charge in [0.15, 0.2) is 0 Å². The SMILES string of the molecule is CC(C)(C)Oc1ccc(C(=O)O)cc1Br. The molecular formula is C11H13BrO3. The highest BCUT2D eigenvalue weighted by molar-refractivity contribution is 9.10. The number of carboxylic acid groups (broad SMARTS) is 1. The molecule has 0 aromatic heterocycles. The fourth-order valence-electron chi connectivity index (χ4n) is 1.05. The minimum Gasteiger partial charge on any atom is -0.487 e. The molecule has 0 aliphatic carbocycles. The monoisotopic (exact) mass is 272 g/mol. The summed E-state index contributed by atoms with van der Waals surface area (Å²) in [7, 11) is 0. The summed E-state index contributed by atoms with van der Waals surface area (Å²) in [5, 5.41) is 8.77. The summed E-state index contributed by atoms with van der Waals surface area (Å²) in [5.74, 6) is -0.300. The van der Waals surface area contributed by atoms with Crippen LogP contribution >= 0.6 is 15.9 Å².